The van der Waals surface area contributed by atoms with Gasteiger partial charge in [-0.15, -0.1) is 0 Å². The molecule has 1 atom stereocenters. The summed E-state index contributed by atoms with van der Waals surface area (Å²) < 4.78 is 0. The van der Waals surface area contributed by atoms with Gasteiger partial charge < -0.3 is 10.4 Å². The van der Waals surface area contributed by atoms with Crippen LogP contribution in [0.3, 0.4) is 0 Å². The van der Waals surface area contributed by atoms with Crippen molar-refractivity contribution in [1.29, 1.82) is 0 Å². The van der Waals surface area contributed by atoms with Gasteiger partial charge in [0, 0.05) is 17.9 Å². The number of fused-ring (bicyclic) bond motifs is 1. The van der Waals surface area contributed by atoms with Crippen LogP contribution in [-0.4, -0.2) is 21.2 Å². The summed E-state index contributed by atoms with van der Waals surface area (Å²) in [6.45, 7) is 0. The zero-order valence-electron chi connectivity index (χ0n) is 8.97. The summed E-state index contributed by atoms with van der Waals surface area (Å²) in [5.41, 5.74) is 1.87. The van der Waals surface area contributed by atoms with Crippen molar-refractivity contribution < 1.29 is 9.90 Å². The summed E-state index contributed by atoms with van der Waals surface area (Å²) in [5.74, 6) is 0.757. The first-order valence-electron chi connectivity index (χ1n) is 5.36. The Morgan fingerprint density at radius 2 is 2.29 bits per heavy atom. The predicted octanol–water partition coefficient (Wildman–Crippen LogP) is 1.59. The molecule has 5 nitrogen and oxygen atoms in total. The molecular weight excluding hydrogens is 218 g/mol. The van der Waals surface area contributed by atoms with E-state index in [0.29, 0.717) is 12.2 Å². The quantitative estimate of drug-likeness (QED) is 0.694. The number of aromatic amines is 1. The van der Waals surface area contributed by atoms with Gasteiger partial charge in [0.05, 0.1) is 6.20 Å². The van der Waals surface area contributed by atoms with Crippen LogP contribution in [-0.2, 0) is 4.79 Å². The molecule has 0 saturated heterocycles. The molecule has 1 aliphatic rings. The molecule has 2 heterocycles. The number of aromatic hydroxyl groups is 1. The molecule has 1 aliphatic heterocycles. The van der Waals surface area contributed by atoms with Crippen LogP contribution < -0.4 is 5.32 Å². The molecule has 2 aromatic rings. The fourth-order valence-corrected chi connectivity index (χ4v) is 2.18. The first-order chi connectivity index (χ1) is 8.24. The molecule has 17 heavy (non-hydrogen) atoms. The number of H-pyrrole nitrogens is 1. The van der Waals surface area contributed by atoms with Crippen LogP contribution in [0.4, 0.5) is 5.82 Å². The van der Waals surface area contributed by atoms with Crippen molar-refractivity contribution >= 4 is 11.7 Å². The maximum Gasteiger partial charge on any atom is 0.226 e. The number of benzene rings is 1. The van der Waals surface area contributed by atoms with Crippen molar-refractivity contribution in [2.45, 2.75) is 12.3 Å². The van der Waals surface area contributed by atoms with Gasteiger partial charge in [-0.1, -0.05) is 12.1 Å². The van der Waals surface area contributed by atoms with Crippen molar-refractivity contribution in [2.24, 2.45) is 0 Å². The summed E-state index contributed by atoms with van der Waals surface area (Å²) in [7, 11) is 0. The SMILES string of the molecule is O=C1C[C@H](c2cccc(O)c2)c2cn[nH]c2N1. The molecule has 0 radical (unpaired) electrons. The second kappa shape index (κ2) is 3.62. The lowest BCUT2D eigenvalue weighted by Crippen LogP contribution is -2.22. The second-order valence-corrected chi connectivity index (χ2v) is 4.10. The molecule has 5 heteroatoms. The van der Waals surface area contributed by atoms with E-state index in [1.165, 1.54) is 0 Å². The molecule has 1 aromatic heterocycles. The van der Waals surface area contributed by atoms with E-state index in [0.717, 1.165) is 11.1 Å². The molecule has 3 rings (SSSR count). The Morgan fingerprint density at radius 1 is 1.41 bits per heavy atom. The average Bonchev–Trinajstić information content (AvgIpc) is 2.75. The summed E-state index contributed by atoms with van der Waals surface area (Å²) in [6, 6.07) is 6.97. The van der Waals surface area contributed by atoms with Gasteiger partial charge >= 0.3 is 0 Å². The lowest BCUT2D eigenvalue weighted by Gasteiger charge is -2.22. The molecule has 1 amide bonds. The Balaban J connectivity index is 2.08. The average molecular weight is 229 g/mol. The smallest absolute Gasteiger partial charge is 0.226 e. The minimum absolute atomic E-state index is 0.0462. The van der Waals surface area contributed by atoms with Crippen molar-refractivity contribution in [3.05, 3.63) is 41.6 Å². The number of rotatable bonds is 1. The Morgan fingerprint density at radius 3 is 3.12 bits per heavy atom. The molecule has 0 fully saturated rings. The van der Waals surface area contributed by atoms with Crippen LogP contribution >= 0.6 is 0 Å². The third-order valence-corrected chi connectivity index (χ3v) is 2.97. The van der Waals surface area contributed by atoms with E-state index in [1.807, 2.05) is 6.07 Å². The number of carbonyl (C=O) groups is 1. The lowest BCUT2D eigenvalue weighted by atomic mass is 9.87. The summed E-state index contributed by atoms with van der Waals surface area (Å²) in [6.07, 6.45) is 2.08. The highest BCUT2D eigenvalue weighted by atomic mass is 16.3. The van der Waals surface area contributed by atoms with E-state index in [4.69, 9.17) is 0 Å². The summed E-state index contributed by atoms with van der Waals surface area (Å²) in [4.78, 5) is 11.6. The fourth-order valence-electron chi connectivity index (χ4n) is 2.18. The van der Waals surface area contributed by atoms with Gasteiger partial charge in [-0.2, -0.15) is 5.10 Å². The normalized spacial score (nSPS) is 18.6. The number of nitrogens with one attached hydrogen (secondary N) is 2. The van der Waals surface area contributed by atoms with E-state index >= 15 is 0 Å². The minimum atomic E-state index is -0.0513. The van der Waals surface area contributed by atoms with Gasteiger partial charge in [-0.25, -0.2) is 0 Å². The van der Waals surface area contributed by atoms with E-state index < -0.39 is 0 Å². The van der Waals surface area contributed by atoms with Gasteiger partial charge in [0.15, 0.2) is 0 Å². The van der Waals surface area contributed by atoms with Crippen LogP contribution in [0.5, 0.6) is 5.75 Å². The number of hydrogen-bond donors (Lipinski definition) is 3. The Hall–Kier alpha value is -2.30. The van der Waals surface area contributed by atoms with E-state index in [9.17, 15) is 9.90 Å². The standard InChI is InChI=1S/C12H11N3O2/c16-8-3-1-2-7(4-8)9-5-11(17)14-12-10(9)6-13-15-12/h1-4,6,9,16H,5H2,(H2,13,14,15,17)/t9-/m1/s1. The molecule has 0 spiro atoms. The van der Waals surface area contributed by atoms with Crippen LogP contribution in [0.25, 0.3) is 0 Å². The Labute approximate surface area is 97.5 Å². The van der Waals surface area contributed by atoms with E-state index in [1.54, 1.807) is 24.4 Å². The highest BCUT2D eigenvalue weighted by Gasteiger charge is 2.27. The van der Waals surface area contributed by atoms with E-state index in [2.05, 4.69) is 15.5 Å². The van der Waals surface area contributed by atoms with Crippen LogP contribution in [0.2, 0.25) is 0 Å². The number of phenols is 1. The maximum atomic E-state index is 11.6. The van der Waals surface area contributed by atoms with Gasteiger partial charge in [0.1, 0.15) is 11.6 Å². The van der Waals surface area contributed by atoms with Crippen molar-refractivity contribution in [1.82, 2.24) is 10.2 Å². The third-order valence-electron chi connectivity index (χ3n) is 2.97. The number of amides is 1. The molecule has 3 N–H and O–H groups in total. The van der Waals surface area contributed by atoms with Gasteiger partial charge in [-0.05, 0) is 17.7 Å². The first-order valence-corrected chi connectivity index (χ1v) is 5.36. The van der Waals surface area contributed by atoms with Gasteiger partial charge in [-0.3, -0.25) is 9.89 Å². The molecule has 86 valence electrons. The second-order valence-electron chi connectivity index (χ2n) is 4.10. The third kappa shape index (κ3) is 1.65. The minimum Gasteiger partial charge on any atom is -0.508 e. The van der Waals surface area contributed by atoms with Crippen LogP contribution in [0.15, 0.2) is 30.5 Å². The van der Waals surface area contributed by atoms with Gasteiger partial charge in [0.25, 0.3) is 0 Å². The van der Waals surface area contributed by atoms with Gasteiger partial charge in [0.2, 0.25) is 5.91 Å². The van der Waals surface area contributed by atoms with Crippen molar-refractivity contribution in [3.63, 3.8) is 0 Å². The predicted molar refractivity (Wildman–Crippen MR) is 61.8 cm³/mol. The van der Waals surface area contributed by atoms with Crippen molar-refractivity contribution in [3.8, 4) is 5.75 Å². The van der Waals surface area contributed by atoms with Crippen molar-refractivity contribution in [2.75, 3.05) is 5.32 Å². The molecule has 1 aromatic carbocycles. The largest absolute Gasteiger partial charge is 0.508 e. The molecule has 0 aliphatic carbocycles. The zero-order chi connectivity index (χ0) is 11.8. The van der Waals surface area contributed by atoms with E-state index in [-0.39, 0.29) is 17.6 Å². The highest BCUT2D eigenvalue weighted by molar-refractivity contribution is 5.94. The molecule has 0 saturated carbocycles. The van der Waals surface area contributed by atoms with Crippen LogP contribution in [0, 0.1) is 0 Å². The highest BCUT2D eigenvalue weighted by Crippen LogP contribution is 2.36. The summed E-state index contributed by atoms with van der Waals surface area (Å²) >= 11 is 0. The topological polar surface area (TPSA) is 78.0 Å². The number of anilines is 1. The molecule has 0 unspecified atom stereocenters. The maximum absolute atomic E-state index is 11.6. The number of aromatic nitrogens is 2. The Bertz CT molecular complexity index is 577. The zero-order valence-corrected chi connectivity index (χ0v) is 8.97. The molecular formula is C12H11N3O2. The monoisotopic (exact) mass is 229 g/mol. The Kier molecular flexibility index (Phi) is 2.11. The number of carbonyl (C=O) groups excluding carboxylic acids is 1. The lowest BCUT2D eigenvalue weighted by molar-refractivity contribution is -0.116. The molecule has 0 bridgehead atoms. The van der Waals surface area contributed by atoms with Crippen LogP contribution in [0.1, 0.15) is 23.5 Å². The number of hydrogen-bond acceptors (Lipinski definition) is 3. The first kappa shape index (κ1) is 9.89. The number of nitrogens with zero attached hydrogens (tertiary/aromatic N) is 1. The summed E-state index contributed by atoms with van der Waals surface area (Å²) in [5, 5.41) is 18.9. The fraction of sp³-hybridized carbons (Fsp3) is 0.167. The number of phenolic OH excluding ortho intramolecular Hbond substituents is 1.